The summed E-state index contributed by atoms with van der Waals surface area (Å²) in [7, 11) is 0. The lowest BCUT2D eigenvalue weighted by atomic mass is 10.1. The highest BCUT2D eigenvalue weighted by atomic mass is 35.5. The van der Waals surface area contributed by atoms with Crippen LogP contribution in [0.15, 0.2) is 29.6 Å². The number of aliphatic hydroxyl groups is 1. The zero-order valence-corrected chi connectivity index (χ0v) is 12.3. The number of rotatable bonds is 4. The molecule has 106 valence electrons. The monoisotopic (exact) mass is 313 g/mol. The summed E-state index contributed by atoms with van der Waals surface area (Å²) in [6.45, 7) is 1.88. The van der Waals surface area contributed by atoms with Crippen molar-refractivity contribution in [3.05, 3.63) is 56.5 Å². The molecule has 2 aromatic rings. The highest BCUT2D eigenvalue weighted by Gasteiger charge is 2.18. The third-order valence-electron chi connectivity index (χ3n) is 2.85. The van der Waals surface area contributed by atoms with E-state index in [-0.39, 0.29) is 17.1 Å². The quantitative estimate of drug-likeness (QED) is 0.910. The van der Waals surface area contributed by atoms with E-state index in [1.807, 2.05) is 18.4 Å². The minimum absolute atomic E-state index is 0.00481. The summed E-state index contributed by atoms with van der Waals surface area (Å²) in [6, 6.07) is 5.93. The van der Waals surface area contributed by atoms with E-state index >= 15 is 0 Å². The fraction of sp³-hybridized carbons (Fsp3) is 0.214. The fourth-order valence-electron chi connectivity index (χ4n) is 1.81. The lowest BCUT2D eigenvalue weighted by Crippen LogP contribution is -2.29. The molecule has 2 rings (SSSR count). The predicted molar refractivity (Wildman–Crippen MR) is 77.8 cm³/mol. The van der Waals surface area contributed by atoms with Crippen molar-refractivity contribution in [1.82, 2.24) is 5.32 Å². The lowest BCUT2D eigenvalue weighted by molar-refractivity contribution is 0.0914. The number of carbonyl (C=O) groups is 1. The van der Waals surface area contributed by atoms with Crippen LogP contribution >= 0.6 is 22.9 Å². The molecule has 1 atom stereocenters. The first kappa shape index (κ1) is 15.0. The molecule has 0 fully saturated rings. The third-order valence-corrected chi connectivity index (χ3v) is 4.29. The van der Waals surface area contributed by atoms with Gasteiger partial charge in [0.25, 0.3) is 5.91 Å². The van der Waals surface area contributed by atoms with Crippen molar-refractivity contribution in [2.45, 2.75) is 13.0 Å². The van der Waals surface area contributed by atoms with Gasteiger partial charge < -0.3 is 10.4 Å². The first-order chi connectivity index (χ1) is 9.50. The SMILES string of the molecule is Cc1ccsc1C(O)CNC(=O)c1c(F)cccc1Cl. The first-order valence-corrected chi connectivity index (χ1v) is 7.20. The second kappa shape index (κ2) is 6.35. The number of benzene rings is 1. The van der Waals surface area contributed by atoms with E-state index in [1.165, 1.54) is 29.5 Å². The average Bonchev–Trinajstić information content (AvgIpc) is 2.82. The number of halogens is 2. The molecule has 1 unspecified atom stereocenters. The van der Waals surface area contributed by atoms with Crippen molar-refractivity contribution in [2.75, 3.05) is 6.54 Å². The first-order valence-electron chi connectivity index (χ1n) is 5.95. The van der Waals surface area contributed by atoms with Gasteiger partial charge in [0.05, 0.1) is 10.6 Å². The second-order valence-corrected chi connectivity index (χ2v) is 5.65. The number of aliphatic hydroxyl groups excluding tert-OH is 1. The molecule has 0 spiro atoms. The maximum atomic E-state index is 13.6. The summed E-state index contributed by atoms with van der Waals surface area (Å²) < 4.78 is 13.6. The molecule has 2 N–H and O–H groups in total. The molecule has 1 heterocycles. The molecule has 0 aliphatic carbocycles. The maximum absolute atomic E-state index is 13.6. The second-order valence-electron chi connectivity index (χ2n) is 4.29. The number of carbonyl (C=O) groups excluding carboxylic acids is 1. The van der Waals surface area contributed by atoms with Gasteiger partial charge in [-0.2, -0.15) is 0 Å². The Bertz CT molecular complexity index is 609. The smallest absolute Gasteiger partial charge is 0.255 e. The Morgan fingerprint density at radius 2 is 2.25 bits per heavy atom. The van der Waals surface area contributed by atoms with Crippen molar-refractivity contribution < 1.29 is 14.3 Å². The van der Waals surface area contributed by atoms with Crippen LogP contribution in [0.25, 0.3) is 0 Å². The lowest BCUT2D eigenvalue weighted by Gasteiger charge is -2.12. The Labute approximate surface area is 125 Å². The molecule has 1 amide bonds. The van der Waals surface area contributed by atoms with Gasteiger partial charge in [-0.15, -0.1) is 11.3 Å². The number of hydrogen-bond acceptors (Lipinski definition) is 3. The number of hydrogen-bond donors (Lipinski definition) is 2. The van der Waals surface area contributed by atoms with Crippen LogP contribution in [0, 0.1) is 12.7 Å². The number of aryl methyl sites for hydroxylation is 1. The predicted octanol–water partition coefficient (Wildman–Crippen LogP) is 3.31. The Morgan fingerprint density at radius 3 is 2.85 bits per heavy atom. The third kappa shape index (κ3) is 3.17. The van der Waals surface area contributed by atoms with Gasteiger partial charge >= 0.3 is 0 Å². The molecule has 0 aliphatic rings. The summed E-state index contributed by atoms with van der Waals surface area (Å²) >= 11 is 7.21. The molecule has 0 radical (unpaired) electrons. The average molecular weight is 314 g/mol. The van der Waals surface area contributed by atoms with Gasteiger partial charge in [0.2, 0.25) is 0 Å². The van der Waals surface area contributed by atoms with Gasteiger partial charge in [0, 0.05) is 11.4 Å². The summed E-state index contributed by atoms with van der Waals surface area (Å²) in [4.78, 5) is 12.7. The Morgan fingerprint density at radius 1 is 1.50 bits per heavy atom. The summed E-state index contributed by atoms with van der Waals surface area (Å²) in [5.74, 6) is -1.32. The normalized spacial score (nSPS) is 12.2. The van der Waals surface area contributed by atoms with Gasteiger partial charge in [-0.1, -0.05) is 17.7 Å². The van der Waals surface area contributed by atoms with Crippen LogP contribution in [0.2, 0.25) is 5.02 Å². The molecule has 1 aromatic heterocycles. The van der Waals surface area contributed by atoms with Crippen LogP contribution in [-0.4, -0.2) is 17.6 Å². The van der Waals surface area contributed by atoms with Crippen molar-refractivity contribution in [3.8, 4) is 0 Å². The van der Waals surface area contributed by atoms with Crippen LogP contribution in [0.3, 0.4) is 0 Å². The van der Waals surface area contributed by atoms with Crippen LogP contribution in [-0.2, 0) is 0 Å². The van der Waals surface area contributed by atoms with Crippen molar-refractivity contribution in [1.29, 1.82) is 0 Å². The standard InChI is InChI=1S/C14H13ClFNO2S/c1-8-5-6-20-13(8)11(18)7-17-14(19)12-9(15)3-2-4-10(12)16/h2-6,11,18H,7H2,1H3,(H,17,19). The Balaban J connectivity index is 2.04. The van der Waals surface area contributed by atoms with Crippen LogP contribution < -0.4 is 5.32 Å². The zero-order valence-electron chi connectivity index (χ0n) is 10.7. The van der Waals surface area contributed by atoms with Gasteiger partial charge in [-0.25, -0.2) is 4.39 Å². The molecular weight excluding hydrogens is 301 g/mol. The molecule has 3 nitrogen and oxygen atoms in total. The van der Waals surface area contributed by atoms with Crippen LogP contribution in [0.5, 0.6) is 0 Å². The van der Waals surface area contributed by atoms with E-state index in [0.29, 0.717) is 0 Å². The van der Waals surface area contributed by atoms with E-state index in [4.69, 9.17) is 11.6 Å². The molecular formula is C14H13ClFNO2S. The number of thiophene rings is 1. The van der Waals surface area contributed by atoms with Crippen LogP contribution in [0.1, 0.15) is 26.9 Å². The van der Waals surface area contributed by atoms with E-state index < -0.39 is 17.8 Å². The van der Waals surface area contributed by atoms with Crippen molar-refractivity contribution >= 4 is 28.8 Å². The molecule has 20 heavy (non-hydrogen) atoms. The number of amides is 1. The van der Waals surface area contributed by atoms with E-state index in [2.05, 4.69) is 5.32 Å². The minimum Gasteiger partial charge on any atom is -0.386 e. The largest absolute Gasteiger partial charge is 0.386 e. The molecule has 0 bridgehead atoms. The zero-order chi connectivity index (χ0) is 14.7. The van der Waals surface area contributed by atoms with Gasteiger partial charge in [0.1, 0.15) is 11.9 Å². The molecule has 6 heteroatoms. The molecule has 0 saturated carbocycles. The van der Waals surface area contributed by atoms with Crippen molar-refractivity contribution in [3.63, 3.8) is 0 Å². The Hall–Kier alpha value is -1.43. The number of nitrogens with one attached hydrogen (secondary N) is 1. The summed E-state index contributed by atoms with van der Waals surface area (Å²) in [5, 5.41) is 14.4. The van der Waals surface area contributed by atoms with E-state index in [1.54, 1.807) is 0 Å². The summed E-state index contributed by atoms with van der Waals surface area (Å²) in [6.07, 6.45) is -0.815. The highest BCUT2D eigenvalue weighted by Crippen LogP contribution is 2.23. The maximum Gasteiger partial charge on any atom is 0.255 e. The summed E-state index contributed by atoms with van der Waals surface area (Å²) in [5.41, 5.74) is 0.755. The van der Waals surface area contributed by atoms with Gasteiger partial charge in [-0.05, 0) is 36.1 Å². The van der Waals surface area contributed by atoms with Crippen molar-refractivity contribution in [2.24, 2.45) is 0 Å². The molecule has 0 aliphatic heterocycles. The van der Waals surface area contributed by atoms with Gasteiger partial charge in [0.15, 0.2) is 0 Å². The topological polar surface area (TPSA) is 49.3 Å². The fourth-order valence-corrected chi connectivity index (χ4v) is 2.97. The molecule has 1 aromatic carbocycles. The van der Waals surface area contributed by atoms with Crippen LogP contribution in [0.4, 0.5) is 4.39 Å². The van der Waals surface area contributed by atoms with Gasteiger partial charge in [-0.3, -0.25) is 4.79 Å². The Kier molecular flexibility index (Phi) is 4.75. The highest BCUT2D eigenvalue weighted by molar-refractivity contribution is 7.10. The minimum atomic E-state index is -0.815. The van der Waals surface area contributed by atoms with E-state index in [9.17, 15) is 14.3 Å². The van der Waals surface area contributed by atoms with E-state index in [0.717, 1.165) is 10.4 Å². The molecule has 0 saturated heterocycles.